The lowest BCUT2D eigenvalue weighted by Crippen LogP contribution is -2.45. The predicted octanol–water partition coefficient (Wildman–Crippen LogP) is 3.85. The number of benzene rings is 2. The number of rotatable bonds is 3. The molecule has 1 aliphatic rings. The molecule has 3 nitrogen and oxygen atoms in total. The van der Waals surface area contributed by atoms with Gasteiger partial charge in [-0.05, 0) is 37.1 Å². The summed E-state index contributed by atoms with van der Waals surface area (Å²) in [6.07, 6.45) is 1.95. The van der Waals surface area contributed by atoms with Crippen molar-refractivity contribution in [2.75, 3.05) is 26.2 Å². The molecular weight excluding hydrogens is 306 g/mol. The van der Waals surface area contributed by atoms with Gasteiger partial charge >= 0.3 is 0 Å². The van der Waals surface area contributed by atoms with Gasteiger partial charge in [-0.15, -0.1) is 0 Å². The Balaban J connectivity index is 1.90. The molecule has 1 aromatic heterocycles. The molecule has 0 aliphatic carbocycles. The molecule has 4 rings (SSSR count). The SMILES string of the molecule is Cc1cc(C)cc(C(c2ccnc3ccccc23)N2CCNCC2)c1. The number of para-hydroxylation sites is 1. The first kappa shape index (κ1) is 16.2. The van der Waals surface area contributed by atoms with E-state index in [2.05, 4.69) is 77.6 Å². The van der Waals surface area contributed by atoms with Crippen LogP contribution in [0.25, 0.3) is 10.9 Å². The number of hydrogen-bond donors (Lipinski definition) is 1. The standard InChI is InChI=1S/C22H25N3/c1-16-13-17(2)15-18(14-16)22(25-11-9-23-10-12-25)20-7-8-24-21-6-4-3-5-19(20)21/h3-8,13-15,22-23H,9-12H2,1-2H3. The van der Waals surface area contributed by atoms with Gasteiger partial charge < -0.3 is 5.32 Å². The molecule has 2 heterocycles. The summed E-state index contributed by atoms with van der Waals surface area (Å²) in [5, 5.41) is 4.74. The molecule has 1 fully saturated rings. The fourth-order valence-electron chi connectivity index (χ4n) is 4.05. The Kier molecular flexibility index (Phi) is 4.51. The summed E-state index contributed by atoms with van der Waals surface area (Å²) in [7, 11) is 0. The summed E-state index contributed by atoms with van der Waals surface area (Å²) in [5.41, 5.74) is 6.47. The van der Waals surface area contributed by atoms with Gasteiger partial charge in [0.2, 0.25) is 0 Å². The van der Waals surface area contributed by atoms with E-state index in [1.807, 2.05) is 6.20 Å². The molecule has 1 unspecified atom stereocenters. The number of piperazine rings is 1. The maximum Gasteiger partial charge on any atom is 0.0705 e. The van der Waals surface area contributed by atoms with Gasteiger partial charge in [-0.2, -0.15) is 0 Å². The monoisotopic (exact) mass is 331 g/mol. The van der Waals surface area contributed by atoms with Crippen LogP contribution in [0.4, 0.5) is 0 Å². The molecule has 3 aromatic rings. The van der Waals surface area contributed by atoms with Crippen LogP contribution < -0.4 is 5.32 Å². The second-order valence-electron chi connectivity index (χ2n) is 7.03. The zero-order valence-electron chi connectivity index (χ0n) is 15.0. The van der Waals surface area contributed by atoms with Gasteiger partial charge in [0.15, 0.2) is 0 Å². The van der Waals surface area contributed by atoms with E-state index in [9.17, 15) is 0 Å². The lowest BCUT2D eigenvalue weighted by molar-refractivity contribution is 0.199. The molecule has 1 atom stereocenters. The molecule has 0 bridgehead atoms. The molecule has 128 valence electrons. The smallest absolute Gasteiger partial charge is 0.0705 e. The van der Waals surface area contributed by atoms with Gasteiger partial charge in [-0.3, -0.25) is 9.88 Å². The highest BCUT2D eigenvalue weighted by Gasteiger charge is 2.25. The average molecular weight is 331 g/mol. The van der Waals surface area contributed by atoms with Crippen LogP contribution in [-0.4, -0.2) is 36.1 Å². The summed E-state index contributed by atoms with van der Waals surface area (Å²) < 4.78 is 0. The fraction of sp³-hybridized carbons (Fsp3) is 0.318. The third kappa shape index (κ3) is 3.30. The first-order chi connectivity index (χ1) is 12.2. The van der Waals surface area contributed by atoms with E-state index in [0.717, 1.165) is 31.7 Å². The fourth-order valence-corrected chi connectivity index (χ4v) is 4.05. The summed E-state index contributed by atoms with van der Waals surface area (Å²) in [6.45, 7) is 8.60. The quantitative estimate of drug-likeness (QED) is 0.790. The van der Waals surface area contributed by atoms with Crippen molar-refractivity contribution in [3.05, 3.63) is 77.0 Å². The topological polar surface area (TPSA) is 28.2 Å². The van der Waals surface area contributed by atoms with Crippen molar-refractivity contribution >= 4 is 10.9 Å². The minimum atomic E-state index is 0.272. The van der Waals surface area contributed by atoms with Crippen LogP contribution in [-0.2, 0) is 0 Å². The van der Waals surface area contributed by atoms with Crippen LogP contribution in [0, 0.1) is 13.8 Å². The number of pyridine rings is 1. The van der Waals surface area contributed by atoms with Crippen molar-refractivity contribution < 1.29 is 0 Å². The van der Waals surface area contributed by atoms with Gasteiger partial charge in [-0.25, -0.2) is 0 Å². The molecule has 3 heteroatoms. The van der Waals surface area contributed by atoms with E-state index in [-0.39, 0.29) is 6.04 Å². The second-order valence-corrected chi connectivity index (χ2v) is 7.03. The minimum Gasteiger partial charge on any atom is -0.314 e. The van der Waals surface area contributed by atoms with Gasteiger partial charge in [0.05, 0.1) is 11.6 Å². The van der Waals surface area contributed by atoms with Gasteiger partial charge in [0.25, 0.3) is 0 Å². The number of nitrogens with zero attached hydrogens (tertiary/aromatic N) is 2. The molecule has 0 radical (unpaired) electrons. The highest BCUT2D eigenvalue weighted by molar-refractivity contribution is 5.82. The predicted molar refractivity (Wildman–Crippen MR) is 104 cm³/mol. The second kappa shape index (κ2) is 6.95. The van der Waals surface area contributed by atoms with Crippen LogP contribution in [0.2, 0.25) is 0 Å². The Morgan fingerprint density at radius 1 is 0.960 bits per heavy atom. The van der Waals surface area contributed by atoms with Crippen LogP contribution in [0.15, 0.2) is 54.7 Å². The molecule has 25 heavy (non-hydrogen) atoms. The van der Waals surface area contributed by atoms with Crippen LogP contribution in [0.5, 0.6) is 0 Å². The van der Waals surface area contributed by atoms with E-state index < -0.39 is 0 Å². The Labute approximate surface area is 149 Å². The van der Waals surface area contributed by atoms with Crippen molar-refractivity contribution in [3.8, 4) is 0 Å². The molecular formula is C22H25N3. The van der Waals surface area contributed by atoms with E-state index in [1.165, 1.54) is 27.6 Å². The van der Waals surface area contributed by atoms with Crippen LogP contribution in [0.1, 0.15) is 28.3 Å². The summed E-state index contributed by atoms with van der Waals surface area (Å²) >= 11 is 0. The van der Waals surface area contributed by atoms with Gasteiger partial charge in [0.1, 0.15) is 0 Å². The Morgan fingerprint density at radius 2 is 1.68 bits per heavy atom. The average Bonchev–Trinajstić information content (AvgIpc) is 2.62. The van der Waals surface area contributed by atoms with Crippen molar-refractivity contribution in [3.63, 3.8) is 0 Å². The van der Waals surface area contributed by atoms with Crippen molar-refractivity contribution in [2.24, 2.45) is 0 Å². The molecule has 0 amide bonds. The highest BCUT2D eigenvalue weighted by Crippen LogP contribution is 2.34. The Bertz CT molecular complexity index is 856. The highest BCUT2D eigenvalue weighted by atomic mass is 15.2. The van der Waals surface area contributed by atoms with E-state index in [1.54, 1.807) is 0 Å². The number of hydrogen-bond acceptors (Lipinski definition) is 3. The lowest BCUT2D eigenvalue weighted by Gasteiger charge is -2.36. The number of fused-ring (bicyclic) bond motifs is 1. The summed E-state index contributed by atoms with van der Waals surface area (Å²) in [4.78, 5) is 7.17. The van der Waals surface area contributed by atoms with Gasteiger partial charge in [-0.1, -0.05) is 47.5 Å². The van der Waals surface area contributed by atoms with E-state index >= 15 is 0 Å². The van der Waals surface area contributed by atoms with Crippen molar-refractivity contribution in [1.82, 2.24) is 15.2 Å². The summed E-state index contributed by atoms with van der Waals surface area (Å²) in [5.74, 6) is 0. The number of aromatic nitrogens is 1. The lowest BCUT2D eigenvalue weighted by atomic mass is 9.92. The zero-order chi connectivity index (χ0) is 17.2. The van der Waals surface area contributed by atoms with Crippen molar-refractivity contribution in [1.29, 1.82) is 0 Å². The molecule has 1 N–H and O–H groups in total. The molecule has 0 saturated carbocycles. The zero-order valence-corrected chi connectivity index (χ0v) is 15.0. The maximum atomic E-state index is 4.57. The summed E-state index contributed by atoms with van der Waals surface area (Å²) in [6, 6.07) is 17.9. The molecule has 0 spiro atoms. The largest absolute Gasteiger partial charge is 0.314 e. The maximum absolute atomic E-state index is 4.57. The minimum absolute atomic E-state index is 0.272. The third-order valence-electron chi connectivity index (χ3n) is 5.05. The molecule has 2 aromatic carbocycles. The van der Waals surface area contributed by atoms with E-state index in [0.29, 0.717) is 0 Å². The Morgan fingerprint density at radius 3 is 2.44 bits per heavy atom. The molecule has 1 saturated heterocycles. The Hall–Kier alpha value is -2.23. The molecule has 1 aliphatic heterocycles. The first-order valence-corrected chi connectivity index (χ1v) is 9.09. The van der Waals surface area contributed by atoms with E-state index in [4.69, 9.17) is 0 Å². The first-order valence-electron chi connectivity index (χ1n) is 9.09. The number of aryl methyl sites for hydroxylation is 2. The van der Waals surface area contributed by atoms with Crippen LogP contribution >= 0.6 is 0 Å². The van der Waals surface area contributed by atoms with Crippen molar-refractivity contribution in [2.45, 2.75) is 19.9 Å². The van der Waals surface area contributed by atoms with Gasteiger partial charge in [0, 0.05) is 37.8 Å². The van der Waals surface area contributed by atoms with Crippen LogP contribution in [0.3, 0.4) is 0 Å². The third-order valence-corrected chi connectivity index (χ3v) is 5.05. The normalized spacial score (nSPS) is 16.9. The number of nitrogens with one attached hydrogen (secondary N) is 1.